The lowest BCUT2D eigenvalue weighted by atomic mass is 10.1. The number of carbonyl (C=O) groups excluding carboxylic acids is 2. The van der Waals surface area contributed by atoms with Gasteiger partial charge in [-0.15, -0.1) is 0 Å². The van der Waals surface area contributed by atoms with E-state index in [2.05, 4.69) is 0 Å². The number of ketones is 1. The second-order valence-corrected chi connectivity index (χ2v) is 4.67. The minimum absolute atomic E-state index is 0.0340. The summed E-state index contributed by atoms with van der Waals surface area (Å²) in [6, 6.07) is 11.7. The number of hydrogen-bond acceptors (Lipinski definition) is 4. The molecule has 0 aliphatic heterocycles. The van der Waals surface area contributed by atoms with Crippen molar-refractivity contribution in [2.45, 2.75) is 13.8 Å². The highest BCUT2D eigenvalue weighted by Gasteiger charge is 2.15. The molecule has 0 N–H and O–H groups in total. The molecule has 0 amide bonds. The molecule has 21 heavy (non-hydrogen) atoms. The van der Waals surface area contributed by atoms with Gasteiger partial charge in [-0.3, -0.25) is 4.79 Å². The zero-order valence-corrected chi connectivity index (χ0v) is 12.2. The van der Waals surface area contributed by atoms with E-state index < -0.39 is 5.97 Å². The van der Waals surface area contributed by atoms with Crippen molar-refractivity contribution in [2.75, 3.05) is 7.11 Å². The first kappa shape index (κ1) is 14.8. The van der Waals surface area contributed by atoms with E-state index in [-0.39, 0.29) is 5.78 Å². The zero-order valence-electron chi connectivity index (χ0n) is 12.2. The van der Waals surface area contributed by atoms with Crippen molar-refractivity contribution >= 4 is 11.8 Å². The molecule has 0 aliphatic carbocycles. The third-order valence-corrected chi connectivity index (χ3v) is 3.05. The normalized spacial score (nSPS) is 10.0. The molecule has 0 unspecified atom stereocenters. The van der Waals surface area contributed by atoms with Gasteiger partial charge < -0.3 is 9.47 Å². The first-order valence-corrected chi connectivity index (χ1v) is 6.49. The average molecular weight is 284 g/mol. The van der Waals surface area contributed by atoms with Crippen LogP contribution in [0.5, 0.6) is 11.5 Å². The molecule has 0 radical (unpaired) electrons. The number of carbonyl (C=O) groups is 2. The maximum absolute atomic E-state index is 12.2. The Morgan fingerprint density at radius 2 is 1.67 bits per heavy atom. The second-order valence-electron chi connectivity index (χ2n) is 4.67. The maximum Gasteiger partial charge on any atom is 0.347 e. The third-order valence-electron chi connectivity index (χ3n) is 3.05. The SMILES string of the molecule is COc1ccc(C)cc1C(=O)Oc1ccc(C(C)=O)cc1. The lowest BCUT2D eigenvalue weighted by Crippen LogP contribution is -2.10. The molecule has 0 saturated carbocycles. The second kappa shape index (κ2) is 6.22. The summed E-state index contributed by atoms with van der Waals surface area (Å²) in [5.74, 6) is 0.318. The molecule has 2 rings (SSSR count). The molecule has 2 aromatic carbocycles. The third kappa shape index (κ3) is 3.48. The van der Waals surface area contributed by atoms with Gasteiger partial charge in [0.15, 0.2) is 5.78 Å². The largest absolute Gasteiger partial charge is 0.496 e. The van der Waals surface area contributed by atoms with E-state index in [4.69, 9.17) is 9.47 Å². The zero-order chi connectivity index (χ0) is 15.4. The summed E-state index contributed by atoms with van der Waals surface area (Å²) >= 11 is 0. The Kier molecular flexibility index (Phi) is 4.38. The van der Waals surface area contributed by atoms with E-state index in [1.807, 2.05) is 13.0 Å². The number of benzene rings is 2. The van der Waals surface area contributed by atoms with Crippen LogP contribution in [0.15, 0.2) is 42.5 Å². The Morgan fingerprint density at radius 3 is 2.24 bits per heavy atom. The summed E-state index contributed by atoms with van der Waals surface area (Å²) in [4.78, 5) is 23.4. The van der Waals surface area contributed by atoms with Crippen LogP contribution in [0.2, 0.25) is 0 Å². The molecule has 0 saturated heterocycles. The van der Waals surface area contributed by atoms with Crippen molar-refractivity contribution in [2.24, 2.45) is 0 Å². The fourth-order valence-corrected chi connectivity index (χ4v) is 1.90. The first-order valence-electron chi connectivity index (χ1n) is 6.49. The van der Waals surface area contributed by atoms with E-state index >= 15 is 0 Å². The number of methoxy groups -OCH3 is 1. The van der Waals surface area contributed by atoms with Gasteiger partial charge in [0.25, 0.3) is 0 Å². The lowest BCUT2D eigenvalue weighted by Gasteiger charge is -2.09. The van der Waals surface area contributed by atoms with Crippen molar-refractivity contribution in [3.8, 4) is 11.5 Å². The standard InChI is InChI=1S/C17H16O4/c1-11-4-9-16(20-3)15(10-11)17(19)21-14-7-5-13(6-8-14)12(2)18/h4-10H,1-3H3. The quantitative estimate of drug-likeness (QED) is 0.490. The van der Waals surface area contributed by atoms with E-state index in [0.717, 1.165) is 5.56 Å². The minimum Gasteiger partial charge on any atom is -0.496 e. The summed E-state index contributed by atoms with van der Waals surface area (Å²) in [7, 11) is 1.50. The predicted molar refractivity (Wildman–Crippen MR) is 79.1 cm³/mol. The number of aryl methyl sites for hydroxylation is 1. The van der Waals surface area contributed by atoms with E-state index in [9.17, 15) is 9.59 Å². The summed E-state index contributed by atoms with van der Waals surface area (Å²) < 4.78 is 10.5. The van der Waals surface area contributed by atoms with Gasteiger partial charge in [-0.05, 0) is 50.2 Å². The summed E-state index contributed by atoms with van der Waals surface area (Å²) in [5.41, 5.74) is 1.88. The van der Waals surface area contributed by atoms with Crippen LogP contribution >= 0.6 is 0 Å². The van der Waals surface area contributed by atoms with Crippen LogP contribution in [0.1, 0.15) is 33.2 Å². The highest BCUT2D eigenvalue weighted by Crippen LogP contribution is 2.22. The van der Waals surface area contributed by atoms with Gasteiger partial charge >= 0.3 is 5.97 Å². The molecule has 2 aromatic rings. The monoisotopic (exact) mass is 284 g/mol. The highest BCUT2D eigenvalue weighted by molar-refractivity contribution is 5.95. The van der Waals surface area contributed by atoms with Crippen LogP contribution in [-0.4, -0.2) is 18.9 Å². The van der Waals surface area contributed by atoms with Gasteiger partial charge in [-0.1, -0.05) is 11.6 Å². The van der Waals surface area contributed by atoms with Crippen LogP contribution in [0, 0.1) is 6.92 Å². The van der Waals surface area contributed by atoms with E-state index in [1.165, 1.54) is 14.0 Å². The molecule has 0 aromatic heterocycles. The van der Waals surface area contributed by atoms with Crippen molar-refractivity contribution in [3.05, 3.63) is 59.2 Å². The molecular weight excluding hydrogens is 268 g/mol. The fourth-order valence-electron chi connectivity index (χ4n) is 1.90. The van der Waals surface area contributed by atoms with Crippen LogP contribution in [0.3, 0.4) is 0 Å². The van der Waals surface area contributed by atoms with Gasteiger partial charge in [-0.25, -0.2) is 4.79 Å². The number of Topliss-reactive ketones (excluding diaryl/α,β-unsaturated/α-hetero) is 1. The van der Waals surface area contributed by atoms with Gasteiger partial charge in [-0.2, -0.15) is 0 Å². The van der Waals surface area contributed by atoms with Crippen molar-refractivity contribution in [1.82, 2.24) is 0 Å². The molecular formula is C17H16O4. The van der Waals surface area contributed by atoms with Gasteiger partial charge in [0.1, 0.15) is 17.1 Å². The van der Waals surface area contributed by atoms with E-state index in [1.54, 1.807) is 36.4 Å². The highest BCUT2D eigenvalue weighted by atomic mass is 16.5. The van der Waals surface area contributed by atoms with Crippen LogP contribution in [0.25, 0.3) is 0 Å². The van der Waals surface area contributed by atoms with Crippen LogP contribution in [0.4, 0.5) is 0 Å². The maximum atomic E-state index is 12.2. The smallest absolute Gasteiger partial charge is 0.347 e. The van der Waals surface area contributed by atoms with Gasteiger partial charge in [0, 0.05) is 5.56 Å². The first-order chi connectivity index (χ1) is 10.0. The minimum atomic E-state index is -0.494. The predicted octanol–water partition coefficient (Wildman–Crippen LogP) is 3.43. The fraction of sp³-hybridized carbons (Fsp3) is 0.176. The van der Waals surface area contributed by atoms with Crippen LogP contribution < -0.4 is 9.47 Å². The lowest BCUT2D eigenvalue weighted by molar-refractivity contribution is 0.0731. The molecule has 4 nitrogen and oxygen atoms in total. The Balaban J connectivity index is 2.21. The molecule has 0 aliphatic rings. The van der Waals surface area contributed by atoms with Crippen molar-refractivity contribution in [3.63, 3.8) is 0 Å². The topological polar surface area (TPSA) is 52.6 Å². The summed E-state index contributed by atoms with van der Waals surface area (Å²) in [6.45, 7) is 3.37. The molecule has 0 fully saturated rings. The van der Waals surface area contributed by atoms with Gasteiger partial charge in [0.2, 0.25) is 0 Å². The number of esters is 1. The molecule has 0 heterocycles. The number of rotatable bonds is 4. The Bertz CT molecular complexity index is 672. The molecule has 108 valence electrons. The summed E-state index contributed by atoms with van der Waals surface area (Å²) in [6.07, 6.45) is 0. The number of ether oxygens (including phenoxy) is 2. The van der Waals surface area contributed by atoms with Crippen molar-refractivity contribution in [1.29, 1.82) is 0 Å². The van der Waals surface area contributed by atoms with Crippen molar-refractivity contribution < 1.29 is 19.1 Å². The molecule has 0 spiro atoms. The molecule has 0 bridgehead atoms. The Hall–Kier alpha value is -2.62. The Morgan fingerprint density at radius 1 is 1.00 bits per heavy atom. The van der Waals surface area contributed by atoms with Gasteiger partial charge in [0.05, 0.1) is 7.11 Å². The average Bonchev–Trinajstić information content (AvgIpc) is 2.47. The van der Waals surface area contributed by atoms with Crippen LogP contribution in [-0.2, 0) is 0 Å². The number of hydrogen-bond donors (Lipinski definition) is 0. The summed E-state index contributed by atoms with van der Waals surface area (Å²) in [5, 5.41) is 0. The molecule has 4 heteroatoms. The Labute approximate surface area is 123 Å². The van der Waals surface area contributed by atoms with E-state index in [0.29, 0.717) is 22.6 Å². The molecule has 0 atom stereocenters.